The first kappa shape index (κ1) is 14.8. The summed E-state index contributed by atoms with van der Waals surface area (Å²) in [5.74, 6) is 0.682. The third kappa shape index (κ3) is 3.71. The normalized spacial score (nSPS) is 10.1. The van der Waals surface area contributed by atoms with Crippen LogP contribution in [0.2, 0.25) is 0 Å². The predicted molar refractivity (Wildman–Crippen MR) is 76.4 cm³/mol. The Kier molecular flexibility index (Phi) is 4.75. The fourth-order valence-electron chi connectivity index (χ4n) is 1.99. The lowest BCUT2D eigenvalue weighted by atomic mass is 10.1. The average Bonchev–Trinajstić information content (AvgIpc) is 2.95. The quantitative estimate of drug-likeness (QED) is 0.846. The van der Waals surface area contributed by atoms with Crippen LogP contribution in [0.3, 0.4) is 0 Å². The lowest BCUT2D eigenvalue weighted by Crippen LogP contribution is -2.25. The molecule has 1 aromatic carbocycles. The highest BCUT2D eigenvalue weighted by Gasteiger charge is 2.16. The molecule has 2 rings (SSSR count). The molecule has 1 aromatic heterocycles. The lowest BCUT2D eigenvalue weighted by Gasteiger charge is -2.15. The van der Waals surface area contributed by atoms with Crippen LogP contribution in [0.1, 0.15) is 27.4 Å². The zero-order valence-corrected chi connectivity index (χ0v) is 12.0. The first-order chi connectivity index (χ1) is 10.1. The van der Waals surface area contributed by atoms with Gasteiger partial charge in [0.1, 0.15) is 12.4 Å². The van der Waals surface area contributed by atoms with Gasteiger partial charge in [-0.1, -0.05) is 12.1 Å². The second-order valence-electron chi connectivity index (χ2n) is 4.67. The van der Waals surface area contributed by atoms with E-state index in [9.17, 15) is 4.79 Å². The zero-order chi connectivity index (χ0) is 15.2. The van der Waals surface area contributed by atoms with Gasteiger partial charge in [0.25, 0.3) is 5.91 Å². The van der Waals surface area contributed by atoms with Crippen LogP contribution in [-0.4, -0.2) is 25.0 Å². The van der Waals surface area contributed by atoms with Crippen molar-refractivity contribution in [1.29, 1.82) is 5.26 Å². The third-order valence-corrected chi connectivity index (χ3v) is 2.98. The van der Waals surface area contributed by atoms with E-state index < -0.39 is 0 Å². The molecule has 108 valence electrons. The van der Waals surface area contributed by atoms with E-state index in [-0.39, 0.29) is 11.7 Å². The minimum atomic E-state index is -0.209. The summed E-state index contributed by atoms with van der Waals surface area (Å²) in [7, 11) is 3.26. The number of nitriles is 1. The van der Waals surface area contributed by atoms with E-state index in [1.807, 2.05) is 6.07 Å². The van der Waals surface area contributed by atoms with Crippen molar-refractivity contribution in [3.8, 4) is 6.07 Å². The Morgan fingerprint density at radius 3 is 2.90 bits per heavy atom. The molecule has 5 heteroatoms. The van der Waals surface area contributed by atoms with E-state index >= 15 is 0 Å². The van der Waals surface area contributed by atoms with Crippen LogP contribution in [0.25, 0.3) is 0 Å². The summed E-state index contributed by atoms with van der Waals surface area (Å²) in [6.45, 7) is 0.746. The smallest absolute Gasteiger partial charge is 0.289 e. The Balaban J connectivity index is 2.06. The van der Waals surface area contributed by atoms with Gasteiger partial charge < -0.3 is 14.1 Å². The minimum Gasteiger partial charge on any atom is -0.453 e. The summed E-state index contributed by atoms with van der Waals surface area (Å²) >= 11 is 0. The molecule has 0 N–H and O–H groups in total. The second kappa shape index (κ2) is 6.73. The van der Waals surface area contributed by atoms with Crippen molar-refractivity contribution in [2.75, 3.05) is 14.2 Å². The molecular weight excluding hydrogens is 268 g/mol. The molecule has 5 nitrogen and oxygen atoms in total. The molecule has 0 saturated carbocycles. The average molecular weight is 284 g/mol. The summed E-state index contributed by atoms with van der Waals surface area (Å²) in [6.07, 6.45) is 0. The Bertz CT molecular complexity index is 670. The van der Waals surface area contributed by atoms with Crippen LogP contribution in [-0.2, 0) is 17.9 Å². The van der Waals surface area contributed by atoms with Gasteiger partial charge in [-0.25, -0.2) is 0 Å². The van der Waals surface area contributed by atoms with E-state index in [4.69, 9.17) is 14.4 Å². The molecule has 21 heavy (non-hydrogen) atoms. The molecule has 1 amide bonds. The summed E-state index contributed by atoms with van der Waals surface area (Å²) in [4.78, 5) is 13.8. The molecule has 0 aliphatic heterocycles. The Morgan fingerprint density at radius 1 is 1.38 bits per heavy atom. The summed E-state index contributed by atoms with van der Waals surface area (Å²) in [5, 5.41) is 8.88. The number of benzene rings is 1. The van der Waals surface area contributed by atoms with Crippen LogP contribution in [0.4, 0.5) is 0 Å². The molecule has 0 aliphatic rings. The number of furan rings is 1. The molecule has 0 unspecified atom stereocenters. The molecule has 0 bridgehead atoms. The number of nitrogens with zero attached hydrogens (tertiary/aromatic N) is 2. The number of carbonyl (C=O) groups is 1. The van der Waals surface area contributed by atoms with Crippen molar-refractivity contribution < 1.29 is 13.9 Å². The Labute approximate surface area is 123 Å². The maximum absolute atomic E-state index is 12.2. The van der Waals surface area contributed by atoms with E-state index in [1.54, 1.807) is 49.4 Å². The van der Waals surface area contributed by atoms with Crippen molar-refractivity contribution in [2.24, 2.45) is 0 Å². The highest BCUT2D eigenvalue weighted by molar-refractivity contribution is 5.91. The number of ether oxygens (including phenoxy) is 1. The van der Waals surface area contributed by atoms with E-state index in [1.165, 1.54) is 0 Å². The molecule has 1 heterocycles. The highest BCUT2D eigenvalue weighted by atomic mass is 16.5. The largest absolute Gasteiger partial charge is 0.453 e. The zero-order valence-electron chi connectivity index (χ0n) is 12.0. The summed E-state index contributed by atoms with van der Waals surface area (Å²) in [6, 6.07) is 12.6. The van der Waals surface area contributed by atoms with Crippen molar-refractivity contribution in [2.45, 2.75) is 13.2 Å². The molecule has 0 aliphatic carbocycles. The second-order valence-corrected chi connectivity index (χ2v) is 4.67. The summed E-state index contributed by atoms with van der Waals surface area (Å²) in [5.41, 5.74) is 1.47. The first-order valence-electron chi connectivity index (χ1n) is 6.46. The van der Waals surface area contributed by atoms with E-state index in [0.717, 1.165) is 5.56 Å². The van der Waals surface area contributed by atoms with Crippen molar-refractivity contribution in [1.82, 2.24) is 4.90 Å². The van der Waals surface area contributed by atoms with Gasteiger partial charge in [0, 0.05) is 20.7 Å². The molecule has 0 radical (unpaired) electrons. The van der Waals surface area contributed by atoms with Gasteiger partial charge >= 0.3 is 0 Å². The number of carbonyl (C=O) groups excluding carboxylic acids is 1. The molecule has 0 saturated heterocycles. The van der Waals surface area contributed by atoms with Gasteiger partial charge in [0.15, 0.2) is 5.76 Å². The van der Waals surface area contributed by atoms with Crippen molar-refractivity contribution >= 4 is 5.91 Å². The Hall–Kier alpha value is -2.58. The first-order valence-corrected chi connectivity index (χ1v) is 6.46. The topological polar surface area (TPSA) is 66.5 Å². The van der Waals surface area contributed by atoms with Crippen LogP contribution in [0.15, 0.2) is 40.8 Å². The SMILES string of the molecule is COCc1ccc(C(=O)N(C)Cc2cccc(C#N)c2)o1. The van der Waals surface area contributed by atoms with Gasteiger partial charge in [-0.15, -0.1) is 0 Å². The van der Waals surface area contributed by atoms with Gasteiger partial charge in [-0.2, -0.15) is 5.26 Å². The maximum Gasteiger partial charge on any atom is 0.289 e. The molecule has 2 aromatic rings. The molecular formula is C16H16N2O3. The van der Waals surface area contributed by atoms with Gasteiger partial charge in [0.05, 0.1) is 11.6 Å². The highest BCUT2D eigenvalue weighted by Crippen LogP contribution is 2.13. The fraction of sp³-hybridized carbons (Fsp3) is 0.250. The van der Waals surface area contributed by atoms with Crippen molar-refractivity contribution in [3.63, 3.8) is 0 Å². The number of rotatable bonds is 5. The lowest BCUT2D eigenvalue weighted by molar-refractivity contribution is 0.0745. The standard InChI is InChI=1S/C16H16N2O3/c1-18(10-13-5-3-4-12(8-13)9-17)16(19)15-7-6-14(21-15)11-20-2/h3-8H,10-11H2,1-2H3. The summed E-state index contributed by atoms with van der Waals surface area (Å²) < 4.78 is 10.4. The maximum atomic E-state index is 12.2. The van der Waals surface area contributed by atoms with Gasteiger partial charge in [0.2, 0.25) is 0 Å². The van der Waals surface area contributed by atoms with Crippen LogP contribution in [0.5, 0.6) is 0 Å². The number of hydrogen-bond acceptors (Lipinski definition) is 4. The van der Waals surface area contributed by atoms with Gasteiger partial charge in [-0.3, -0.25) is 4.79 Å². The third-order valence-electron chi connectivity index (χ3n) is 2.98. The van der Waals surface area contributed by atoms with E-state index in [0.29, 0.717) is 24.5 Å². The van der Waals surface area contributed by atoms with Crippen LogP contribution in [0, 0.1) is 11.3 Å². The van der Waals surface area contributed by atoms with Crippen LogP contribution >= 0.6 is 0 Å². The van der Waals surface area contributed by atoms with E-state index in [2.05, 4.69) is 6.07 Å². The minimum absolute atomic E-state index is 0.209. The number of methoxy groups -OCH3 is 1. The Morgan fingerprint density at radius 2 is 2.19 bits per heavy atom. The van der Waals surface area contributed by atoms with Crippen LogP contribution < -0.4 is 0 Å². The van der Waals surface area contributed by atoms with Crippen molar-refractivity contribution in [3.05, 3.63) is 59.0 Å². The molecule has 0 atom stereocenters. The molecule has 0 fully saturated rings. The number of hydrogen-bond donors (Lipinski definition) is 0. The van der Waals surface area contributed by atoms with Gasteiger partial charge in [-0.05, 0) is 29.8 Å². The predicted octanol–water partition coefficient (Wildman–Crippen LogP) is 2.57. The fourth-order valence-corrected chi connectivity index (χ4v) is 1.99. The molecule has 0 spiro atoms. The number of amides is 1. The monoisotopic (exact) mass is 284 g/mol.